The molecule has 0 nitrogen and oxygen atoms in total. The van der Waals surface area contributed by atoms with Crippen molar-refractivity contribution in [1.82, 2.24) is 0 Å². The van der Waals surface area contributed by atoms with Crippen molar-refractivity contribution in [3.05, 3.63) is 34.9 Å². The van der Waals surface area contributed by atoms with Crippen LogP contribution in [0, 0.1) is 29.4 Å². The molecule has 27 heavy (non-hydrogen) atoms. The maximum Gasteiger partial charge on any atom is 0.422 e. The van der Waals surface area contributed by atoms with E-state index in [-0.39, 0.29) is 5.92 Å². The van der Waals surface area contributed by atoms with Gasteiger partial charge < -0.3 is 0 Å². The number of hydrogen-bond donors (Lipinski definition) is 0. The first-order valence-corrected chi connectivity index (χ1v) is 10.4. The first-order valence-electron chi connectivity index (χ1n) is 10.4. The fourth-order valence-corrected chi connectivity index (χ4v) is 5.38. The first kappa shape index (κ1) is 20.6. The highest BCUT2D eigenvalue weighted by molar-refractivity contribution is 5.30. The predicted octanol–water partition coefficient (Wildman–Crippen LogP) is 7.86. The van der Waals surface area contributed by atoms with Crippen LogP contribution >= 0.6 is 0 Å². The first-order chi connectivity index (χ1) is 12.8. The summed E-state index contributed by atoms with van der Waals surface area (Å²) in [5.74, 6) is -0.736. The van der Waals surface area contributed by atoms with Crippen LogP contribution in [0.3, 0.4) is 0 Å². The standard InChI is InChI=1S/C22H29F5/c1-2-3-14-4-6-15(7-5-14)16-8-10-17(11-9-16)18-12-19(23)21(20(24)13-18)22(25,26)27/h12-17H,2-11H2,1H3. The summed E-state index contributed by atoms with van der Waals surface area (Å²) in [6.45, 7) is 2.24. The summed E-state index contributed by atoms with van der Waals surface area (Å²) in [7, 11) is 0. The highest BCUT2D eigenvalue weighted by Crippen LogP contribution is 2.45. The Kier molecular flexibility index (Phi) is 6.47. The summed E-state index contributed by atoms with van der Waals surface area (Å²) in [4.78, 5) is 0. The fourth-order valence-electron chi connectivity index (χ4n) is 5.38. The van der Waals surface area contributed by atoms with Gasteiger partial charge in [-0.3, -0.25) is 0 Å². The lowest BCUT2D eigenvalue weighted by Crippen LogP contribution is -2.25. The minimum Gasteiger partial charge on any atom is -0.206 e. The molecule has 0 atom stereocenters. The molecule has 0 spiro atoms. The van der Waals surface area contributed by atoms with Gasteiger partial charge in [-0.15, -0.1) is 0 Å². The van der Waals surface area contributed by atoms with E-state index in [1.807, 2.05) is 0 Å². The Bertz CT molecular complexity index is 597. The smallest absolute Gasteiger partial charge is 0.206 e. The zero-order chi connectivity index (χ0) is 19.6. The molecule has 0 amide bonds. The Morgan fingerprint density at radius 1 is 0.815 bits per heavy atom. The molecular formula is C22H29F5. The van der Waals surface area contributed by atoms with Crippen LogP contribution in [0.15, 0.2) is 12.1 Å². The van der Waals surface area contributed by atoms with E-state index in [1.165, 1.54) is 38.5 Å². The molecular weight excluding hydrogens is 359 g/mol. The third kappa shape index (κ3) is 4.83. The molecule has 0 N–H and O–H groups in total. The van der Waals surface area contributed by atoms with Crippen molar-refractivity contribution >= 4 is 0 Å². The second kappa shape index (κ2) is 8.48. The van der Waals surface area contributed by atoms with Gasteiger partial charge in [0.25, 0.3) is 0 Å². The summed E-state index contributed by atoms with van der Waals surface area (Å²) < 4.78 is 65.9. The minimum atomic E-state index is -5.00. The Hall–Kier alpha value is -1.13. The average Bonchev–Trinajstić information content (AvgIpc) is 2.61. The number of benzene rings is 1. The number of hydrogen-bond acceptors (Lipinski definition) is 0. The quantitative estimate of drug-likeness (QED) is 0.461. The fraction of sp³-hybridized carbons (Fsp3) is 0.727. The van der Waals surface area contributed by atoms with Crippen molar-refractivity contribution in [2.24, 2.45) is 17.8 Å². The Balaban J connectivity index is 1.58. The maximum atomic E-state index is 13.9. The van der Waals surface area contributed by atoms with Crippen LogP contribution < -0.4 is 0 Å². The molecule has 0 bridgehead atoms. The number of alkyl halides is 3. The largest absolute Gasteiger partial charge is 0.422 e. The van der Waals surface area contributed by atoms with Gasteiger partial charge in [0.2, 0.25) is 0 Å². The van der Waals surface area contributed by atoms with E-state index in [1.54, 1.807) is 0 Å². The third-order valence-corrected chi connectivity index (χ3v) is 6.85. The van der Waals surface area contributed by atoms with Crippen LogP contribution in [0.4, 0.5) is 22.0 Å². The maximum absolute atomic E-state index is 13.9. The van der Waals surface area contributed by atoms with Crippen molar-refractivity contribution in [2.75, 3.05) is 0 Å². The van der Waals surface area contributed by atoms with E-state index in [0.29, 0.717) is 11.5 Å². The summed E-state index contributed by atoms with van der Waals surface area (Å²) in [6.07, 6.45) is 6.41. The van der Waals surface area contributed by atoms with E-state index >= 15 is 0 Å². The van der Waals surface area contributed by atoms with Crippen LogP contribution in [0.1, 0.15) is 88.2 Å². The topological polar surface area (TPSA) is 0 Å². The van der Waals surface area contributed by atoms with Gasteiger partial charge in [0.05, 0.1) is 0 Å². The van der Waals surface area contributed by atoms with Crippen molar-refractivity contribution in [1.29, 1.82) is 0 Å². The second-order valence-electron chi connectivity index (χ2n) is 8.54. The van der Waals surface area contributed by atoms with Gasteiger partial charge in [0.15, 0.2) is 0 Å². The van der Waals surface area contributed by atoms with Crippen molar-refractivity contribution < 1.29 is 22.0 Å². The molecule has 3 rings (SSSR count). The molecule has 2 aliphatic carbocycles. The molecule has 2 fully saturated rings. The minimum absolute atomic E-state index is 0.0380. The van der Waals surface area contributed by atoms with Gasteiger partial charge in [-0.2, -0.15) is 13.2 Å². The summed E-state index contributed by atoms with van der Waals surface area (Å²) in [5, 5.41) is 0. The molecule has 2 aliphatic rings. The SMILES string of the molecule is CCCC1CCC(C2CCC(c3cc(F)c(C(F)(F)F)c(F)c3)CC2)CC1. The zero-order valence-corrected chi connectivity index (χ0v) is 15.9. The summed E-state index contributed by atoms with van der Waals surface area (Å²) in [6, 6.07) is 1.79. The van der Waals surface area contributed by atoms with Gasteiger partial charge in [0.1, 0.15) is 17.2 Å². The Labute approximate surface area is 158 Å². The lowest BCUT2D eigenvalue weighted by Gasteiger charge is -2.38. The molecule has 2 saturated carbocycles. The molecule has 0 radical (unpaired) electrons. The molecule has 0 aliphatic heterocycles. The normalized spacial score (nSPS) is 29.7. The van der Waals surface area contributed by atoms with Crippen molar-refractivity contribution in [3.8, 4) is 0 Å². The summed E-state index contributed by atoms with van der Waals surface area (Å²) >= 11 is 0. The van der Waals surface area contributed by atoms with E-state index in [2.05, 4.69) is 6.92 Å². The van der Waals surface area contributed by atoms with Gasteiger partial charge in [-0.05, 0) is 79.9 Å². The van der Waals surface area contributed by atoms with Gasteiger partial charge >= 0.3 is 6.18 Å². The van der Waals surface area contributed by atoms with Crippen molar-refractivity contribution in [2.45, 2.75) is 83.2 Å². The van der Waals surface area contributed by atoms with E-state index in [9.17, 15) is 22.0 Å². The Morgan fingerprint density at radius 2 is 1.30 bits per heavy atom. The van der Waals surface area contributed by atoms with Gasteiger partial charge in [-0.25, -0.2) is 8.78 Å². The van der Waals surface area contributed by atoms with Crippen LogP contribution in [-0.4, -0.2) is 0 Å². The lowest BCUT2D eigenvalue weighted by molar-refractivity contribution is -0.142. The third-order valence-electron chi connectivity index (χ3n) is 6.85. The monoisotopic (exact) mass is 388 g/mol. The average molecular weight is 388 g/mol. The summed E-state index contributed by atoms with van der Waals surface area (Å²) in [5.41, 5.74) is -1.40. The highest BCUT2D eigenvalue weighted by atomic mass is 19.4. The molecule has 1 aromatic carbocycles. The van der Waals surface area contributed by atoms with E-state index in [0.717, 1.165) is 49.7 Å². The number of rotatable bonds is 4. The molecule has 152 valence electrons. The second-order valence-corrected chi connectivity index (χ2v) is 8.54. The van der Waals surface area contributed by atoms with Crippen LogP contribution in [-0.2, 0) is 6.18 Å². The van der Waals surface area contributed by atoms with E-state index < -0.39 is 23.4 Å². The highest BCUT2D eigenvalue weighted by Gasteiger charge is 2.39. The molecule has 0 aromatic heterocycles. The molecule has 1 aromatic rings. The van der Waals surface area contributed by atoms with Crippen molar-refractivity contribution in [3.63, 3.8) is 0 Å². The van der Waals surface area contributed by atoms with Gasteiger partial charge in [0, 0.05) is 0 Å². The molecule has 0 saturated heterocycles. The van der Waals surface area contributed by atoms with Gasteiger partial charge in [-0.1, -0.05) is 32.6 Å². The van der Waals surface area contributed by atoms with Crippen LogP contribution in [0.5, 0.6) is 0 Å². The molecule has 0 heterocycles. The molecule has 5 heteroatoms. The molecule has 0 unspecified atom stereocenters. The Morgan fingerprint density at radius 3 is 1.74 bits per heavy atom. The number of halogens is 5. The predicted molar refractivity (Wildman–Crippen MR) is 96.4 cm³/mol. The lowest BCUT2D eigenvalue weighted by atomic mass is 9.68. The van der Waals surface area contributed by atoms with E-state index in [4.69, 9.17) is 0 Å². The van der Waals surface area contributed by atoms with Crippen LogP contribution in [0.2, 0.25) is 0 Å². The zero-order valence-electron chi connectivity index (χ0n) is 15.9. The van der Waals surface area contributed by atoms with Crippen LogP contribution in [0.25, 0.3) is 0 Å².